The van der Waals surface area contributed by atoms with Crippen LogP contribution in [0.4, 0.5) is 13.6 Å². The Labute approximate surface area is 153 Å². The molecular formula is C19H28F2N2O3. The van der Waals surface area contributed by atoms with E-state index < -0.39 is 46.7 Å². The van der Waals surface area contributed by atoms with E-state index in [0.717, 1.165) is 12.1 Å². The molecule has 0 saturated carbocycles. The molecule has 1 aromatic carbocycles. The maximum atomic E-state index is 13.4. The summed E-state index contributed by atoms with van der Waals surface area (Å²) in [7, 11) is 0. The van der Waals surface area contributed by atoms with Crippen molar-refractivity contribution in [3.05, 3.63) is 35.4 Å². The lowest BCUT2D eigenvalue weighted by molar-refractivity contribution is -0.126. The topological polar surface area (TPSA) is 67.4 Å². The molecule has 2 unspecified atom stereocenters. The third-order valence-electron chi connectivity index (χ3n) is 3.59. The largest absolute Gasteiger partial charge is 0.444 e. The van der Waals surface area contributed by atoms with E-state index in [1.165, 1.54) is 6.07 Å². The smallest absolute Gasteiger partial charge is 0.408 e. The summed E-state index contributed by atoms with van der Waals surface area (Å²) < 4.78 is 31.7. The van der Waals surface area contributed by atoms with E-state index in [2.05, 4.69) is 10.6 Å². The van der Waals surface area contributed by atoms with Gasteiger partial charge in [-0.3, -0.25) is 4.79 Å². The van der Waals surface area contributed by atoms with E-state index in [1.54, 1.807) is 48.5 Å². The van der Waals surface area contributed by atoms with Crippen molar-refractivity contribution in [3.8, 4) is 0 Å². The fourth-order valence-corrected chi connectivity index (χ4v) is 2.26. The van der Waals surface area contributed by atoms with Crippen LogP contribution in [0, 0.1) is 17.0 Å². The molecule has 26 heavy (non-hydrogen) atoms. The van der Waals surface area contributed by atoms with Crippen LogP contribution in [-0.2, 0) is 9.53 Å². The third kappa shape index (κ3) is 6.61. The summed E-state index contributed by atoms with van der Waals surface area (Å²) in [6.07, 6.45) is -0.701. The zero-order valence-electron chi connectivity index (χ0n) is 16.4. The van der Waals surface area contributed by atoms with Gasteiger partial charge >= 0.3 is 6.09 Å². The molecule has 0 bridgehead atoms. The maximum Gasteiger partial charge on any atom is 0.408 e. The quantitative estimate of drug-likeness (QED) is 0.839. The molecule has 0 radical (unpaired) electrons. The first-order chi connectivity index (χ1) is 11.7. The summed E-state index contributed by atoms with van der Waals surface area (Å²) in [4.78, 5) is 24.7. The van der Waals surface area contributed by atoms with Crippen LogP contribution in [0.2, 0.25) is 0 Å². The number of benzene rings is 1. The van der Waals surface area contributed by atoms with E-state index in [0.29, 0.717) is 5.56 Å². The van der Waals surface area contributed by atoms with E-state index in [9.17, 15) is 18.4 Å². The number of rotatable bonds is 4. The number of alkyl carbamates (subject to hydrolysis) is 1. The van der Waals surface area contributed by atoms with Gasteiger partial charge in [-0.1, -0.05) is 26.8 Å². The first-order valence-corrected chi connectivity index (χ1v) is 8.45. The Balaban J connectivity index is 2.89. The zero-order chi connectivity index (χ0) is 20.3. The number of halogens is 2. The van der Waals surface area contributed by atoms with Gasteiger partial charge in [0.15, 0.2) is 11.6 Å². The highest BCUT2D eigenvalue weighted by atomic mass is 19.2. The predicted molar refractivity (Wildman–Crippen MR) is 95.5 cm³/mol. The number of carbonyl (C=O) groups excluding carboxylic acids is 2. The summed E-state index contributed by atoms with van der Waals surface area (Å²) in [6, 6.07) is 2.01. The summed E-state index contributed by atoms with van der Waals surface area (Å²) in [5, 5.41) is 5.30. The molecule has 0 aliphatic carbocycles. The lowest BCUT2D eigenvalue weighted by atomic mass is 9.86. The average Bonchev–Trinajstić information content (AvgIpc) is 2.44. The normalized spacial score (nSPS) is 14.3. The molecule has 0 aliphatic heterocycles. The first kappa shape index (κ1) is 21.9. The lowest BCUT2D eigenvalue weighted by Crippen LogP contribution is -2.54. The fourth-order valence-electron chi connectivity index (χ4n) is 2.26. The minimum atomic E-state index is -0.983. The SMILES string of the molecule is CC(NC(=O)C(NC(=O)OC(C)(C)C)C(C)(C)C)c1ccc(F)c(F)c1. The monoisotopic (exact) mass is 370 g/mol. The second-order valence-electron chi connectivity index (χ2n) is 8.35. The summed E-state index contributed by atoms with van der Waals surface area (Å²) in [5.74, 6) is -2.38. The highest BCUT2D eigenvalue weighted by molar-refractivity contribution is 5.86. The van der Waals surface area contributed by atoms with Crippen molar-refractivity contribution >= 4 is 12.0 Å². The fraction of sp³-hybridized carbons (Fsp3) is 0.579. The molecule has 0 aliphatic rings. The van der Waals surface area contributed by atoms with Gasteiger partial charge in [-0.05, 0) is 50.8 Å². The van der Waals surface area contributed by atoms with Gasteiger partial charge < -0.3 is 15.4 Å². The van der Waals surface area contributed by atoms with Crippen LogP contribution >= 0.6 is 0 Å². The highest BCUT2D eigenvalue weighted by Gasteiger charge is 2.34. The van der Waals surface area contributed by atoms with Gasteiger partial charge in [0.2, 0.25) is 5.91 Å². The van der Waals surface area contributed by atoms with E-state index in [1.807, 2.05) is 0 Å². The van der Waals surface area contributed by atoms with Crippen LogP contribution in [0.15, 0.2) is 18.2 Å². The van der Waals surface area contributed by atoms with Crippen molar-refractivity contribution in [1.29, 1.82) is 0 Å². The molecule has 5 nitrogen and oxygen atoms in total. The first-order valence-electron chi connectivity index (χ1n) is 8.45. The molecule has 2 N–H and O–H groups in total. The Morgan fingerprint density at radius 3 is 2.04 bits per heavy atom. The van der Waals surface area contributed by atoms with Gasteiger partial charge in [0.1, 0.15) is 11.6 Å². The maximum absolute atomic E-state index is 13.4. The second-order valence-corrected chi connectivity index (χ2v) is 8.35. The van der Waals surface area contributed by atoms with Crippen LogP contribution in [0.3, 0.4) is 0 Å². The number of carbonyl (C=O) groups is 2. The molecule has 0 heterocycles. The average molecular weight is 370 g/mol. The molecule has 2 atom stereocenters. The summed E-state index contributed by atoms with van der Waals surface area (Å²) in [6.45, 7) is 12.2. The van der Waals surface area contributed by atoms with Gasteiger partial charge in [0, 0.05) is 0 Å². The Hall–Kier alpha value is -2.18. The predicted octanol–water partition coefficient (Wildman–Crippen LogP) is 4.08. The zero-order valence-corrected chi connectivity index (χ0v) is 16.4. The van der Waals surface area contributed by atoms with Crippen molar-refractivity contribution in [2.24, 2.45) is 5.41 Å². The number of amides is 2. The van der Waals surface area contributed by atoms with E-state index in [4.69, 9.17) is 4.74 Å². The van der Waals surface area contributed by atoms with Crippen LogP contribution in [-0.4, -0.2) is 23.6 Å². The number of ether oxygens (including phenoxy) is 1. The van der Waals surface area contributed by atoms with E-state index in [-0.39, 0.29) is 0 Å². The van der Waals surface area contributed by atoms with Crippen LogP contribution in [0.1, 0.15) is 60.1 Å². The minimum absolute atomic E-state index is 0.419. The van der Waals surface area contributed by atoms with Gasteiger partial charge in [0.05, 0.1) is 6.04 Å². The van der Waals surface area contributed by atoms with Crippen molar-refractivity contribution in [2.75, 3.05) is 0 Å². The van der Waals surface area contributed by atoms with Crippen molar-refractivity contribution in [3.63, 3.8) is 0 Å². The Morgan fingerprint density at radius 2 is 1.58 bits per heavy atom. The van der Waals surface area contributed by atoms with Crippen molar-refractivity contribution < 1.29 is 23.1 Å². The number of nitrogens with one attached hydrogen (secondary N) is 2. The van der Waals surface area contributed by atoms with Gasteiger partial charge in [0.25, 0.3) is 0 Å². The van der Waals surface area contributed by atoms with Crippen LogP contribution in [0.25, 0.3) is 0 Å². The molecular weight excluding hydrogens is 342 g/mol. The Bertz CT molecular complexity index is 664. The molecule has 0 aromatic heterocycles. The molecule has 7 heteroatoms. The molecule has 0 saturated heterocycles. The molecule has 1 aromatic rings. The van der Waals surface area contributed by atoms with Gasteiger partial charge in [-0.15, -0.1) is 0 Å². The van der Waals surface area contributed by atoms with Crippen LogP contribution in [0.5, 0.6) is 0 Å². The van der Waals surface area contributed by atoms with Crippen molar-refractivity contribution in [1.82, 2.24) is 10.6 Å². The highest BCUT2D eigenvalue weighted by Crippen LogP contribution is 2.22. The molecule has 146 valence electrons. The van der Waals surface area contributed by atoms with Gasteiger partial charge in [-0.25, -0.2) is 13.6 Å². The number of hydrogen-bond donors (Lipinski definition) is 2. The van der Waals surface area contributed by atoms with Crippen molar-refractivity contribution in [2.45, 2.75) is 66.2 Å². The molecule has 1 rings (SSSR count). The molecule has 0 fully saturated rings. The molecule has 2 amide bonds. The summed E-state index contributed by atoms with van der Waals surface area (Å²) in [5.41, 5.74) is -0.862. The van der Waals surface area contributed by atoms with E-state index >= 15 is 0 Å². The lowest BCUT2D eigenvalue weighted by Gasteiger charge is -2.32. The molecule has 0 spiro atoms. The third-order valence-corrected chi connectivity index (χ3v) is 3.59. The Kier molecular flexibility index (Phi) is 6.74. The van der Waals surface area contributed by atoms with Crippen LogP contribution < -0.4 is 10.6 Å². The van der Waals surface area contributed by atoms with Gasteiger partial charge in [-0.2, -0.15) is 0 Å². The summed E-state index contributed by atoms with van der Waals surface area (Å²) >= 11 is 0. The Morgan fingerprint density at radius 1 is 1.00 bits per heavy atom. The second kappa shape index (κ2) is 8.01. The minimum Gasteiger partial charge on any atom is -0.444 e. The number of hydrogen-bond acceptors (Lipinski definition) is 3. The standard InChI is InChI=1S/C19H28F2N2O3/c1-11(12-8-9-13(20)14(21)10-12)22-16(24)15(18(2,3)4)23-17(25)26-19(5,6)7/h8-11,15H,1-7H3,(H,22,24)(H,23,25).